The Labute approximate surface area is 189 Å². The lowest BCUT2D eigenvalue weighted by Gasteiger charge is -2.25. The molecule has 0 saturated carbocycles. The van der Waals surface area contributed by atoms with E-state index in [-0.39, 0.29) is 0 Å². The maximum Gasteiger partial charge on any atom is 0.141 e. The van der Waals surface area contributed by atoms with Crippen LogP contribution in [0, 0.1) is 0 Å². The number of hydrogen-bond acceptors (Lipinski definition) is 2. The largest absolute Gasteiger partial charge is 0.324 e. The van der Waals surface area contributed by atoms with Crippen LogP contribution in [-0.4, -0.2) is 9.55 Å². The molecule has 0 atom stereocenters. The number of anilines is 3. The van der Waals surface area contributed by atoms with Gasteiger partial charge in [0.05, 0.1) is 11.0 Å². The highest BCUT2D eigenvalue weighted by Gasteiger charge is 2.15. The maximum absolute atomic E-state index is 4.98. The molecule has 0 fully saturated rings. The molecule has 0 spiro atoms. The molecule has 3 heteroatoms. The number of benzene rings is 4. The first-order valence-electron chi connectivity index (χ1n) is 11.3. The van der Waals surface area contributed by atoms with Gasteiger partial charge in [0.25, 0.3) is 0 Å². The fourth-order valence-corrected chi connectivity index (χ4v) is 4.20. The Morgan fingerprint density at radius 3 is 1.84 bits per heavy atom. The first-order chi connectivity index (χ1) is 15.8. The van der Waals surface area contributed by atoms with E-state index in [1.165, 1.54) is 5.52 Å². The summed E-state index contributed by atoms with van der Waals surface area (Å²) in [4.78, 5) is 7.26. The molecule has 0 bridgehead atoms. The molecular formula is C29H27N3. The molecule has 3 nitrogen and oxygen atoms in total. The Bertz CT molecular complexity index is 1250. The fourth-order valence-electron chi connectivity index (χ4n) is 4.20. The second-order valence-corrected chi connectivity index (χ2v) is 7.98. The van der Waals surface area contributed by atoms with Crippen molar-refractivity contribution >= 4 is 28.1 Å². The van der Waals surface area contributed by atoms with Crippen molar-refractivity contribution in [2.45, 2.75) is 26.3 Å². The Morgan fingerprint density at radius 2 is 1.22 bits per heavy atom. The SMILES string of the molecule is CCCCn1c(-c2ccc(N(c3ccccc3)c3ccccc3)cc2)nc2ccccc21. The molecule has 1 aromatic heterocycles. The summed E-state index contributed by atoms with van der Waals surface area (Å²) in [5, 5.41) is 0. The van der Waals surface area contributed by atoms with Gasteiger partial charge in [0.1, 0.15) is 5.82 Å². The van der Waals surface area contributed by atoms with E-state index in [4.69, 9.17) is 4.98 Å². The summed E-state index contributed by atoms with van der Waals surface area (Å²) in [6, 6.07) is 38.2. The first-order valence-corrected chi connectivity index (χ1v) is 11.3. The summed E-state index contributed by atoms with van der Waals surface area (Å²) < 4.78 is 2.36. The lowest BCUT2D eigenvalue weighted by atomic mass is 10.1. The van der Waals surface area contributed by atoms with Crippen molar-refractivity contribution < 1.29 is 0 Å². The van der Waals surface area contributed by atoms with Crippen LogP contribution in [0.25, 0.3) is 22.4 Å². The van der Waals surface area contributed by atoms with Crippen LogP contribution in [0.2, 0.25) is 0 Å². The monoisotopic (exact) mass is 417 g/mol. The van der Waals surface area contributed by atoms with Crippen molar-refractivity contribution in [2.75, 3.05) is 4.90 Å². The second-order valence-electron chi connectivity index (χ2n) is 7.98. The van der Waals surface area contributed by atoms with Crippen molar-refractivity contribution in [3.05, 3.63) is 109 Å². The Balaban J connectivity index is 1.56. The van der Waals surface area contributed by atoms with Gasteiger partial charge in [-0.15, -0.1) is 0 Å². The number of para-hydroxylation sites is 4. The molecule has 0 aliphatic heterocycles. The molecule has 0 aliphatic rings. The predicted octanol–water partition coefficient (Wildman–Crippen LogP) is 7.97. The van der Waals surface area contributed by atoms with Crippen molar-refractivity contribution in [1.29, 1.82) is 0 Å². The minimum absolute atomic E-state index is 0.980. The number of unbranched alkanes of at least 4 members (excludes halogenated alkanes) is 1. The first kappa shape index (κ1) is 20.1. The van der Waals surface area contributed by atoms with Gasteiger partial charge in [-0.1, -0.05) is 61.9 Å². The zero-order valence-corrected chi connectivity index (χ0v) is 18.4. The van der Waals surface area contributed by atoms with Gasteiger partial charge in [0, 0.05) is 29.2 Å². The van der Waals surface area contributed by atoms with Crippen LogP contribution in [0.15, 0.2) is 109 Å². The Kier molecular flexibility index (Phi) is 5.71. The van der Waals surface area contributed by atoms with Crippen molar-refractivity contribution in [3.8, 4) is 11.4 Å². The van der Waals surface area contributed by atoms with E-state index in [0.29, 0.717) is 0 Å². The van der Waals surface area contributed by atoms with Gasteiger partial charge in [0.15, 0.2) is 0 Å². The van der Waals surface area contributed by atoms with E-state index in [2.05, 4.69) is 126 Å². The van der Waals surface area contributed by atoms with Crippen molar-refractivity contribution in [1.82, 2.24) is 9.55 Å². The van der Waals surface area contributed by atoms with E-state index in [1.54, 1.807) is 0 Å². The number of fused-ring (bicyclic) bond motifs is 1. The summed E-state index contributed by atoms with van der Waals surface area (Å²) in [5.41, 5.74) is 6.81. The van der Waals surface area contributed by atoms with E-state index in [9.17, 15) is 0 Å². The minimum atomic E-state index is 0.980. The highest BCUT2D eigenvalue weighted by Crippen LogP contribution is 2.35. The fraction of sp³-hybridized carbons (Fsp3) is 0.138. The highest BCUT2D eigenvalue weighted by atomic mass is 15.1. The molecule has 0 saturated heterocycles. The third kappa shape index (κ3) is 3.90. The molecule has 5 rings (SSSR count). The van der Waals surface area contributed by atoms with E-state index in [0.717, 1.165) is 53.4 Å². The van der Waals surface area contributed by atoms with E-state index < -0.39 is 0 Å². The van der Waals surface area contributed by atoms with Crippen LogP contribution in [-0.2, 0) is 6.54 Å². The zero-order chi connectivity index (χ0) is 21.8. The average molecular weight is 418 g/mol. The zero-order valence-electron chi connectivity index (χ0n) is 18.4. The molecular weight excluding hydrogens is 390 g/mol. The summed E-state index contributed by atoms with van der Waals surface area (Å²) >= 11 is 0. The molecule has 0 N–H and O–H groups in total. The number of imidazole rings is 1. The summed E-state index contributed by atoms with van der Waals surface area (Å²) in [6.45, 7) is 3.21. The molecule has 0 unspecified atom stereocenters. The Hall–Kier alpha value is -3.85. The summed E-state index contributed by atoms with van der Waals surface area (Å²) in [6.07, 6.45) is 2.30. The molecule has 32 heavy (non-hydrogen) atoms. The number of nitrogens with zero attached hydrogens (tertiary/aromatic N) is 3. The van der Waals surface area contributed by atoms with Gasteiger partial charge in [-0.3, -0.25) is 0 Å². The average Bonchev–Trinajstić information content (AvgIpc) is 3.23. The third-order valence-electron chi connectivity index (χ3n) is 5.80. The quantitative estimate of drug-likeness (QED) is 0.268. The van der Waals surface area contributed by atoms with Crippen molar-refractivity contribution in [3.63, 3.8) is 0 Å². The highest BCUT2D eigenvalue weighted by molar-refractivity contribution is 5.82. The van der Waals surface area contributed by atoms with Crippen LogP contribution in [0.4, 0.5) is 17.1 Å². The Morgan fingerprint density at radius 1 is 0.656 bits per heavy atom. The van der Waals surface area contributed by atoms with Crippen LogP contribution in [0.5, 0.6) is 0 Å². The van der Waals surface area contributed by atoms with Crippen molar-refractivity contribution in [2.24, 2.45) is 0 Å². The van der Waals surface area contributed by atoms with Crippen LogP contribution in [0.3, 0.4) is 0 Å². The topological polar surface area (TPSA) is 21.1 Å². The molecule has 5 aromatic rings. The van der Waals surface area contributed by atoms with Gasteiger partial charge < -0.3 is 9.47 Å². The van der Waals surface area contributed by atoms with Gasteiger partial charge >= 0.3 is 0 Å². The molecule has 0 aliphatic carbocycles. The van der Waals surface area contributed by atoms with Crippen LogP contribution in [0.1, 0.15) is 19.8 Å². The molecule has 4 aromatic carbocycles. The normalized spacial score (nSPS) is 11.0. The lowest BCUT2D eigenvalue weighted by Crippen LogP contribution is -2.09. The third-order valence-corrected chi connectivity index (χ3v) is 5.80. The summed E-state index contributed by atoms with van der Waals surface area (Å²) in [5.74, 6) is 1.04. The molecule has 0 radical (unpaired) electrons. The number of aryl methyl sites for hydroxylation is 1. The molecule has 0 amide bonds. The van der Waals surface area contributed by atoms with Gasteiger partial charge in [-0.05, 0) is 67.1 Å². The lowest BCUT2D eigenvalue weighted by molar-refractivity contribution is 0.651. The van der Waals surface area contributed by atoms with E-state index >= 15 is 0 Å². The standard InChI is InChI=1S/C29H27N3/c1-2-3-22-31-28-17-11-10-16-27(28)30-29(31)23-18-20-26(21-19-23)32(24-12-6-4-7-13-24)25-14-8-5-9-15-25/h4-21H,2-3,22H2,1H3. The molecule has 1 heterocycles. The van der Waals surface area contributed by atoms with E-state index in [1.807, 2.05) is 0 Å². The van der Waals surface area contributed by atoms with Gasteiger partial charge in [-0.2, -0.15) is 0 Å². The predicted molar refractivity (Wildman–Crippen MR) is 135 cm³/mol. The molecule has 158 valence electrons. The smallest absolute Gasteiger partial charge is 0.141 e. The summed E-state index contributed by atoms with van der Waals surface area (Å²) in [7, 11) is 0. The number of rotatable bonds is 7. The minimum Gasteiger partial charge on any atom is -0.324 e. The van der Waals surface area contributed by atoms with Gasteiger partial charge in [0.2, 0.25) is 0 Å². The van der Waals surface area contributed by atoms with Crippen LogP contribution < -0.4 is 4.90 Å². The second kappa shape index (κ2) is 9.11. The van der Waals surface area contributed by atoms with Gasteiger partial charge in [-0.25, -0.2) is 4.98 Å². The number of hydrogen-bond donors (Lipinski definition) is 0. The number of aromatic nitrogens is 2. The maximum atomic E-state index is 4.98. The van der Waals surface area contributed by atoms with Crippen LogP contribution >= 0.6 is 0 Å².